The minimum Gasteiger partial charge on any atom is -0.481 e. The Morgan fingerprint density at radius 2 is 1.65 bits per heavy atom. The van der Waals surface area contributed by atoms with Crippen molar-refractivity contribution in [2.45, 2.75) is 45.4 Å². The molecule has 1 aromatic rings. The van der Waals surface area contributed by atoms with Gasteiger partial charge >= 0.3 is 5.97 Å². The molecule has 0 aromatic heterocycles. The van der Waals surface area contributed by atoms with Gasteiger partial charge in [0.1, 0.15) is 0 Å². The van der Waals surface area contributed by atoms with Crippen molar-refractivity contribution >= 4 is 17.6 Å². The number of halogens is 1. The zero-order chi connectivity index (χ0) is 16.2. The average molecular weight is 333 g/mol. The summed E-state index contributed by atoms with van der Waals surface area (Å²) in [6.07, 6.45) is 6.21. The van der Waals surface area contributed by atoms with Gasteiger partial charge in [-0.25, -0.2) is 0 Å². The molecule has 1 N–H and O–H groups in total. The third kappa shape index (κ3) is 2.50. The van der Waals surface area contributed by atoms with Crippen molar-refractivity contribution < 1.29 is 9.90 Å². The summed E-state index contributed by atoms with van der Waals surface area (Å²) < 4.78 is 0. The molecule has 23 heavy (non-hydrogen) atoms. The summed E-state index contributed by atoms with van der Waals surface area (Å²) in [5.41, 5.74) is 1.21. The van der Waals surface area contributed by atoms with Crippen molar-refractivity contribution in [3.8, 4) is 0 Å². The highest BCUT2D eigenvalue weighted by atomic mass is 35.5. The molecule has 1 aromatic carbocycles. The molecule has 2 nitrogen and oxygen atoms in total. The number of aliphatic carboxylic acids is 1. The van der Waals surface area contributed by atoms with Crippen LogP contribution in [0.5, 0.6) is 0 Å². The van der Waals surface area contributed by atoms with Crippen molar-refractivity contribution in [1.82, 2.24) is 0 Å². The fourth-order valence-corrected chi connectivity index (χ4v) is 6.39. The Morgan fingerprint density at radius 3 is 2.13 bits per heavy atom. The second-order valence-electron chi connectivity index (χ2n) is 8.32. The van der Waals surface area contributed by atoms with E-state index in [0.717, 1.165) is 29.2 Å². The van der Waals surface area contributed by atoms with Crippen LogP contribution in [0.1, 0.15) is 44.6 Å². The molecule has 0 aliphatic heterocycles. The van der Waals surface area contributed by atoms with Crippen LogP contribution < -0.4 is 0 Å². The number of hydrogen-bond acceptors (Lipinski definition) is 1. The maximum absolute atomic E-state index is 11.7. The number of carbonyl (C=O) groups is 1. The number of carboxylic acids is 1. The van der Waals surface area contributed by atoms with E-state index in [1.165, 1.54) is 31.2 Å². The van der Waals surface area contributed by atoms with E-state index in [-0.39, 0.29) is 5.41 Å². The number of benzene rings is 1. The van der Waals surface area contributed by atoms with Gasteiger partial charge in [0.25, 0.3) is 0 Å². The second-order valence-corrected chi connectivity index (χ2v) is 8.76. The molecular formula is C20H25ClO2. The second kappa shape index (κ2) is 5.51. The predicted octanol–water partition coefficient (Wildman–Crippen LogP) is 5.05. The highest BCUT2D eigenvalue weighted by Crippen LogP contribution is 2.66. The molecule has 4 aliphatic rings. The quantitative estimate of drug-likeness (QED) is 0.838. The number of carboxylic acid groups (broad SMARTS) is 1. The van der Waals surface area contributed by atoms with Crippen molar-refractivity contribution in [3.05, 3.63) is 34.9 Å². The van der Waals surface area contributed by atoms with Gasteiger partial charge in [-0.05, 0) is 84.8 Å². The Bertz CT molecular complexity index is 577. The van der Waals surface area contributed by atoms with Crippen molar-refractivity contribution in [3.63, 3.8) is 0 Å². The molecule has 4 bridgehead atoms. The van der Waals surface area contributed by atoms with Crippen LogP contribution >= 0.6 is 11.6 Å². The van der Waals surface area contributed by atoms with Crippen molar-refractivity contribution in [1.29, 1.82) is 0 Å². The Balaban J connectivity index is 1.67. The lowest BCUT2D eigenvalue weighted by atomic mass is 9.41. The summed E-state index contributed by atoms with van der Waals surface area (Å²) in [6, 6.07) is 8.03. The van der Waals surface area contributed by atoms with Gasteiger partial charge in [-0.15, -0.1) is 0 Å². The lowest BCUT2D eigenvalue weighted by Gasteiger charge is -2.63. The van der Waals surface area contributed by atoms with E-state index < -0.39 is 5.97 Å². The molecule has 124 valence electrons. The topological polar surface area (TPSA) is 37.3 Å². The zero-order valence-electron chi connectivity index (χ0n) is 13.7. The molecule has 0 saturated heterocycles. The molecular weight excluding hydrogens is 308 g/mol. The van der Waals surface area contributed by atoms with Gasteiger partial charge in [-0.2, -0.15) is 0 Å². The Kier molecular flexibility index (Phi) is 3.72. The van der Waals surface area contributed by atoms with Gasteiger partial charge in [-0.3, -0.25) is 4.79 Å². The van der Waals surface area contributed by atoms with Crippen molar-refractivity contribution in [2.75, 3.05) is 0 Å². The first kappa shape index (κ1) is 15.5. The molecule has 0 heterocycles. The van der Waals surface area contributed by atoms with Crippen LogP contribution in [0.25, 0.3) is 0 Å². The van der Waals surface area contributed by atoms with Crippen LogP contribution in [0.3, 0.4) is 0 Å². The first-order valence-electron chi connectivity index (χ1n) is 8.94. The van der Waals surface area contributed by atoms with Gasteiger partial charge in [0.2, 0.25) is 0 Å². The standard InChI is InChI=1S/C20H25ClO2/c1-12-14-6-16-8-15(12)9-17(7-14)20(16,11-19(22)23)10-13-2-4-18(21)5-3-13/h2-5,12,14-17H,6-11H2,1H3,(H,22,23). The molecule has 0 spiro atoms. The van der Waals surface area contributed by atoms with E-state index in [1.54, 1.807) is 0 Å². The lowest BCUT2D eigenvalue weighted by Crippen LogP contribution is -2.57. The number of hydrogen-bond donors (Lipinski definition) is 1. The van der Waals surface area contributed by atoms with Crippen LogP contribution in [0.15, 0.2) is 24.3 Å². The monoisotopic (exact) mass is 332 g/mol. The molecule has 4 saturated carbocycles. The van der Waals surface area contributed by atoms with Gasteiger partial charge in [-0.1, -0.05) is 30.7 Å². The van der Waals surface area contributed by atoms with Crippen LogP contribution in [-0.4, -0.2) is 11.1 Å². The van der Waals surface area contributed by atoms with Gasteiger partial charge < -0.3 is 5.11 Å². The van der Waals surface area contributed by atoms with Crippen LogP contribution in [0.4, 0.5) is 0 Å². The Labute approximate surface area is 143 Å². The van der Waals surface area contributed by atoms with Crippen LogP contribution in [0.2, 0.25) is 5.02 Å². The molecule has 3 heteroatoms. The third-order valence-electron chi connectivity index (χ3n) is 7.39. The molecule has 4 fully saturated rings. The predicted molar refractivity (Wildman–Crippen MR) is 91.4 cm³/mol. The minimum absolute atomic E-state index is 0.0349. The molecule has 5 rings (SSSR count). The Hall–Kier alpha value is -1.02. The van der Waals surface area contributed by atoms with Gasteiger partial charge in [0.05, 0.1) is 6.42 Å². The molecule has 0 radical (unpaired) electrons. The first-order valence-corrected chi connectivity index (χ1v) is 9.32. The fourth-order valence-electron chi connectivity index (χ4n) is 6.27. The van der Waals surface area contributed by atoms with Gasteiger partial charge in [0, 0.05) is 5.02 Å². The summed E-state index contributed by atoms with van der Waals surface area (Å²) in [5.74, 6) is 3.08. The third-order valence-corrected chi connectivity index (χ3v) is 7.64. The highest BCUT2D eigenvalue weighted by Gasteiger charge is 2.59. The minimum atomic E-state index is -0.625. The zero-order valence-corrected chi connectivity index (χ0v) is 14.4. The van der Waals surface area contributed by atoms with Crippen LogP contribution in [0, 0.1) is 35.0 Å². The maximum atomic E-state index is 11.7. The summed E-state index contributed by atoms with van der Waals surface area (Å²) in [7, 11) is 0. The lowest BCUT2D eigenvalue weighted by molar-refractivity contribution is -0.162. The SMILES string of the molecule is CC1C2CC3CC1CC(C2)C3(CC(=O)O)Cc1ccc(Cl)cc1. The smallest absolute Gasteiger partial charge is 0.303 e. The van der Waals surface area contributed by atoms with Crippen molar-refractivity contribution in [2.24, 2.45) is 35.0 Å². The molecule has 4 aliphatic carbocycles. The summed E-state index contributed by atoms with van der Waals surface area (Å²) >= 11 is 6.02. The van der Waals surface area contributed by atoms with E-state index in [4.69, 9.17) is 11.6 Å². The molecule has 0 unspecified atom stereocenters. The molecule has 0 amide bonds. The summed E-state index contributed by atoms with van der Waals surface area (Å²) in [4.78, 5) is 11.7. The maximum Gasteiger partial charge on any atom is 0.303 e. The summed E-state index contributed by atoms with van der Waals surface area (Å²) in [6.45, 7) is 2.42. The average Bonchev–Trinajstić information content (AvgIpc) is 2.47. The fraction of sp³-hybridized carbons (Fsp3) is 0.650. The highest BCUT2D eigenvalue weighted by molar-refractivity contribution is 6.30. The normalized spacial score (nSPS) is 41.2. The first-order chi connectivity index (χ1) is 11.0. The Morgan fingerprint density at radius 1 is 1.13 bits per heavy atom. The van der Waals surface area contributed by atoms with Gasteiger partial charge in [0.15, 0.2) is 0 Å². The largest absolute Gasteiger partial charge is 0.481 e. The molecule has 0 atom stereocenters. The van der Waals surface area contributed by atoms with E-state index in [9.17, 15) is 9.90 Å². The van der Waals surface area contributed by atoms with Crippen LogP contribution in [-0.2, 0) is 11.2 Å². The summed E-state index contributed by atoms with van der Waals surface area (Å²) in [5, 5.41) is 10.4. The van der Waals surface area contributed by atoms with E-state index in [1.807, 2.05) is 12.1 Å². The van der Waals surface area contributed by atoms with E-state index in [0.29, 0.717) is 18.3 Å². The van der Waals surface area contributed by atoms with E-state index >= 15 is 0 Å². The number of rotatable bonds is 4. The van der Waals surface area contributed by atoms with E-state index in [2.05, 4.69) is 19.1 Å².